The van der Waals surface area contributed by atoms with Crippen LogP contribution in [0.15, 0.2) is 18.3 Å². The van der Waals surface area contributed by atoms with Gasteiger partial charge in [-0.25, -0.2) is 4.98 Å². The minimum atomic E-state index is -0.112. The van der Waals surface area contributed by atoms with Crippen LogP contribution in [0.4, 0.5) is 11.5 Å². The Morgan fingerprint density at radius 3 is 2.40 bits per heavy atom. The highest BCUT2D eigenvalue weighted by Crippen LogP contribution is 2.14. The number of aromatic nitrogens is 1. The van der Waals surface area contributed by atoms with E-state index in [1.165, 1.54) is 6.92 Å². The predicted octanol–water partition coefficient (Wildman–Crippen LogP) is 2.25. The molecule has 0 atom stereocenters. The van der Waals surface area contributed by atoms with Crippen molar-refractivity contribution in [2.24, 2.45) is 0 Å². The second-order valence-corrected chi connectivity index (χ2v) is 4.49. The highest BCUT2D eigenvalue weighted by molar-refractivity contribution is 5.87. The highest BCUT2D eigenvalue weighted by Gasteiger charge is 2.09. The molecular weight excluding hydrogens is 190 g/mol. The number of carbonyl (C=O) groups is 1. The van der Waals surface area contributed by atoms with Crippen LogP contribution in [0.3, 0.4) is 0 Å². The quantitative estimate of drug-likeness (QED) is 0.782. The average molecular weight is 207 g/mol. The smallest absolute Gasteiger partial charge is 0.222 e. The average Bonchev–Trinajstić information content (AvgIpc) is 2.05. The van der Waals surface area contributed by atoms with Gasteiger partial charge in [0.1, 0.15) is 5.82 Å². The van der Waals surface area contributed by atoms with Gasteiger partial charge in [0.05, 0.1) is 11.9 Å². The van der Waals surface area contributed by atoms with Crippen molar-refractivity contribution in [1.29, 1.82) is 0 Å². The van der Waals surface area contributed by atoms with Gasteiger partial charge in [0.25, 0.3) is 0 Å². The van der Waals surface area contributed by atoms with Gasteiger partial charge in [0, 0.05) is 12.5 Å². The highest BCUT2D eigenvalue weighted by atomic mass is 16.1. The summed E-state index contributed by atoms with van der Waals surface area (Å²) < 4.78 is 0. The van der Waals surface area contributed by atoms with Gasteiger partial charge >= 0.3 is 0 Å². The van der Waals surface area contributed by atoms with Crippen molar-refractivity contribution in [3.05, 3.63) is 18.3 Å². The van der Waals surface area contributed by atoms with Crippen LogP contribution in [0.1, 0.15) is 27.7 Å². The molecule has 0 saturated carbocycles. The molecule has 0 aliphatic carbocycles. The van der Waals surface area contributed by atoms with Gasteiger partial charge in [-0.1, -0.05) is 0 Å². The van der Waals surface area contributed by atoms with Crippen LogP contribution in [-0.4, -0.2) is 16.4 Å². The molecule has 0 aliphatic heterocycles. The lowest BCUT2D eigenvalue weighted by molar-refractivity contribution is -0.114. The van der Waals surface area contributed by atoms with Crippen LogP contribution in [0.2, 0.25) is 0 Å². The normalized spacial score (nSPS) is 10.9. The standard InChI is InChI=1S/C11H17N3O/c1-8(15)13-10-6-5-9(7-12-10)14-11(2,3)4/h5-7,14H,1-4H3,(H,12,13,15). The molecule has 0 aromatic carbocycles. The third kappa shape index (κ3) is 4.44. The molecule has 0 fully saturated rings. The Balaban J connectivity index is 2.68. The van der Waals surface area contributed by atoms with E-state index in [1.54, 1.807) is 12.3 Å². The van der Waals surface area contributed by atoms with E-state index in [1.807, 2.05) is 6.07 Å². The van der Waals surface area contributed by atoms with Crippen molar-refractivity contribution in [3.63, 3.8) is 0 Å². The Bertz CT molecular complexity index is 338. The Morgan fingerprint density at radius 2 is 2.00 bits per heavy atom. The summed E-state index contributed by atoms with van der Waals surface area (Å²) in [4.78, 5) is 14.9. The first kappa shape index (κ1) is 11.5. The number of anilines is 2. The maximum absolute atomic E-state index is 10.8. The maximum atomic E-state index is 10.8. The van der Waals surface area contributed by atoms with E-state index in [0.29, 0.717) is 5.82 Å². The van der Waals surface area contributed by atoms with Crippen molar-refractivity contribution in [2.75, 3.05) is 10.6 Å². The van der Waals surface area contributed by atoms with Crippen LogP contribution in [-0.2, 0) is 4.79 Å². The molecule has 1 aromatic heterocycles. The fourth-order valence-electron chi connectivity index (χ4n) is 1.16. The molecule has 4 nitrogen and oxygen atoms in total. The second kappa shape index (κ2) is 4.29. The van der Waals surface area contributed by atoms with Gasteiger partial charge in [0.15, 0.2) is 0 Å². The second-order valence-electron chi connectivity index (χ2n) is 4.49. The monoisotopic (exact) mass is 207 g/mol. The van der Waals surface area contributed by atoms with E-state index < -0.39 is 0 Å². The minimum Gasteiger partial charge on any atom is -0.379 e. The number of carbonyl (C=O) groups excluding carboxylic acids is 1. The maximum Gasteiger partial charge on any atom is 0.222 e. The fraction of sp³-hybridized carbons (Fsp3) is 0.455. The lowest BCUT2D eigenvalue weighted by Crippen LogP contribution is -2.26. The molecule has 4 heteroatoms. The number of nitrogens with one attached hydrogen (secondary N) is 2. The molecular formula is C11H17N3O. The van der Waals surface area contributed by atoms with E-state index >= 15 is 0 Å². The van der Waals surface area contributed by atoms with Gasteiger partial charge in [-0.3, -0.25) is 4.79 Å². The first-order valence-corrected chi connectivity index (χ1v) is 4.89. The Labute approximate surface area is 90.1 Å². The molecule has 2 N–H and O–H groups in total. The van der Waals surface area contributed by atoms with Crippen molar-refractivity contribution < 1.29 is 4.79 Å². The Hall–Kier alpha value is -1.58. The zero-order valence-electron chi connectivity index (χ0n) is 9.59. The third-order valence-electron chi connectivity index (χ3n) is 1.59. The first-order chi connectivity index (χ1) is 6.87. The number of pyridine rings is 1. The summed E-state index contributed by atoms with van der Waals surface area (Å²) in [5, 5.41) is 5.90. The largest absolute Gasteiger partial charge is 0.379 e. The van der Waals surface area contributed by atoms with Crippen LogP contribution in [0, 0.1) is 0 Å². The summed E-state index contributed by atoms with van der Waals surface area (Å²) in [6.07, 6.45) is 1.70. The molecule has 0 unspecified atom stereocenters. The van der Waals surface area contributed by atoms with Gasteiger partial charge in [-0.15, -0.1) is 0 Å². The zero-order chi connectivity index (χ0) is 11.5. The molecule has 15 heavy (non-hydrogen) atoms. The Morgan fingerprint density at radius 1 is 1.33 bits per heavy atom. The van der Waals surface area contributed by atoms with Crippen LogP contribution in [0.5, 0.6) is 0 Å². The summed E-state index contributed by atoms with van der Waals surface area (Å²) in [5.74, 6) is 0.459. The zero-order valence-corrected chi connectivity index (χ0v) is 9.59. The molecule has 0 bridgehead atoms. The lowest BCUT2D eigenvalue weighted by atomic mass is 10.1. The van der Waals surface area contributed by atoms with Crippen LogP contribution >= 0.6 is 0 Å². The van der Waals surface area contributed by atoms with Crippen LogP contribution in [0.25, 0.3) is 0 Å². The molecule has 0 radical (unpaired) electrons. The third-order valence-corrected chi connectivity index (χ3v) is 1.59. The molecule has 1 heterocycles. The molecule has 0 spiro atoms. The number of amides is 1. The SMILES string of the molecule is CC(=O)Nc1ccc(NC(C)(C)C)cn1. The topological polar surface area (TPSA) is 54.0 Å². The first-order valence-electron chi connectivity index (χ1n) is 4.89. The van der Waals surface area contributed by atoms with Gasteiger partial charge in [-0.2, -0.15) is 0 Å². The minimum absolute atomic E-state index is 0.0111. The lowest BCUT2D eigenvalue weighted by Gasteiger charge is -2.21. The van der Waals surface area contributed by atoms with Crippen molar-refractivity contribution in [1.82, 2.24) is 4.98 Å². The molecule has 1 rings (SSSR count). The molecule has 1 amide bonds. The van der Waals surface area contributed by atoms with Gasteiger partial charge < -0.3 is 10.6 Å². The predicted molar refractivity (Wildman–Crippen MR) is 61.9 cm³/mol. The number of hydrogen-bond donors (Lipinski definition) is 2. The van der Waals surface area contributed by atoms with Crippen molar-refractivity contribution in [3.8, 4) is 0 Å². The molecule has 0 saturated heterocycles. The number of hydrogen-bond acceptors (Lipinski definition) is 3. The van der Waals surface area contributed by atoms with Crippen LogP contribution < -0.4 is 10.6 Å². The summed E-state index contributed by atoms with van der Waals surface area (Å²) in [5.41, 5.74) is 0.952. The fourth-order valence-corrected chi connectivity index (χ4v) is 1.16. The molecule has 82 valence electrons. The summed E-state index contributed by atoms with van der Waals surface area (Å²) in [7, 11) is 0. The number of rotatable bonds is 2. The van der Waals surface area contributed by atoms with Gasteiger partial charge in [-0.05, 0) is 32.9 Å². The van der Waals surface area contributed by atoms with E-state index in [-0.39, 0.29) is 11.4 Å². The van der Waals surface area contributed by atoms with E-state index in [4.69, 9.17) is 0 Å². The molecule has 1 aromatic rings. The summed E-state index contributed by atoms with van der Waals surface area (Å²) in [6, 6.07) is 3.67. The molecule has 0 aliphatic rings. The summed E-state index contributed by atoms with van der Waals surface area (Å²) >= 11 is 0. The summed E-state index contributed by atoms with van der Waals surface area (Å²) in [6.45, 7) is 7.70. The van der Waals surface area contributed by atoms with Crippen molar-refractivity contribution >= 4 is 17.4 Å². The van der Waals surface area contributed by atoms with E-state index in [9.17, 15) is 4.79 Å². The number of nitrogens with zero attached hydrogens (tertiary/aromatic N) is 1. The van der Waals surface area contributed by atoms with E-state index in [2.05, 4.69) is 36.4 Å². The van der Waals surface area contributed by atoms with E-state index in [0.717, 1.165) is 5.69 Å². The van der Waals surface area contributed by atoms with Crippen molar-refractivity contribution in [2.45, 2.75) is 33.2 Å². The van der Waals surface area contributed by atoms with Gasteiger partial charge in [0.2, 0.25) is 5.91 Å². The Kier molecular flexibility index (Phi) is 3.29.